The number of carbonyl (C=O) groups is 2. The number of nitrogens with one attached hydrogen (secondary N) is 2. The van der Waals surface area contributed by atoms with E-state index in [9.17, 15) is 19.7 Å². The minimum atomic E-state index is -1.17. The largest absolute Gasteiger partial charge is 0.351 e. The summed E-state index contributed by atoms with van der Waals surface area (Å²) in [4.78, 5) is 37.4. The number of hydrazone groups is 1. The zero-order valence-corrected chi connectivity index (χ0v) is 18.3. The predicted octanol–water partition coefficient (Wildman–Crippen LogP) is 4.07. The number of anilines is 1. The van der Waals surface area contributed by atoms with Gasteiger partial charge in [-0.1, -0.05) is 51.1 Å². The number of carbonyl (C=O) groups excluding carboxylic acids is 2. The molecule has 2 fully saturated rings. The zero-order valence-electron chi connectivity index (χ0n) is 18.3. The second-order valence-electron chi connectivity index (χ2n) is 9.24. The molecule has 2 aromatic rings. The number of nitro benzene ring substituents is 1. The van der Waals surface area contributed by atoms with Crippen LogP contribution in [-0.4, -0.2) is 22.3 Å². The number of hydrogen-bond donors (Lipinski definition) is 2. The molecule has 8 nitrogen and oxygen atoms in total. The van der Waals surface area contributed by atoms with Crippen molar-refractivity contribution in [2.45, 2.75) is 40.2 Å². The van der Waals surface area contributed by atoms with E-state index in [1.165, 1.54) is 24.3 Å². The van der Waals surface area contributed by atoms with Crippen LogP contribution >= 0.6 is 0 Å². The Kier molecular flexibility index (Phi) is 5.11. The Morgan fingerprint density at radius 1 is 1.06 bits per heavy atom. The smallest absolute Gasteiger partial charge is 0.269 e. The average molecular weight is 434 g/mol. The predicted molar refractivity (Wildman–Crippen MR) is 121 cm³/mol. The summed E-state index contributed by atoms with van der Waals surface area (Å²) in [5, 5.41) is 18.2. The maximum atomic E-state index is 13.6. The summed E-state index contributed by atoms with van der Waals surface area (Å²) in [5.74, 6) is -0.517. The maximum absolute atomic E-state index is 13.6. The highest BCUT2D eigenvalue weighted by Crippen LogP contribution is 2.69. The molecule has 2 aliphatic carbocycles. The van der Waals surface area contributed by atoms with E-state index in [1.54, 1.807) is 0 Å². The molecule has 4 rings (SSSR count). The first kappa shape index (κ1) is 21.7. The number of hydrogen-bond acceptors (Lipinski definition) is 6. The van der Waals surface area contributed by atoms with Gasteiger partial charge in [-0.2, -0.15) is 5.10 Å². The Hall–Kier alpha value is -3.55. The number of nitro groups is 1. The van der Waals surface area contributed by atoms with E-state index in [2.05, 4.69) is 15.8 Å². The molecule has 32 heavy (non-hydrogen) atoms. The summed E-state index contributed by atoms with van der Waals surface area (Å²) in [6.07, 6.45) is 1.15. The number of Topliss-reactive ketones (excluding diaryl/α,β-unsaturated/α-hetero) is 1. The van der Waals surface area contributed by atoms with E-state index in [4.69, 9.17) is 0 Å². The van der Waals surface area contributed by atoms with Crippen molar-refractivity contribution in [3.8, 4) is 0 Å². The Balaban J connectivity index is 1.60. The van der Waals surface area contributed by atoms with Gasteiger partial charge in [0.25, 0.3) is 5.69 Å². The summed E-state index contributed by atoms with van der Waals surface area (Å²) in [5.41, 5.74) is 2.32. The van der Waals surface area contributed by atoms with Gasteiger partial charge in [0.2, 0.25) is 5.91 Å². The van der Waals surface area contributed by atoms with E-state index in [0.717, 1.165) is 5.56 Å². The second kappa shape index (κ2) is 7.55. The SMILES string of the molecule is CC12CCC(C(=O)NCc3ccccc3)(C(=O)/C1=N\Nc1ccc([N+](=O)[O-])cc1)C2(C)C. The average Bonchev–Trinajstić information content (AvgIpc) is 3.06. The number of fused-ring (bicyclic) bond motifs is 2. The van der Waals surface area contributed by atoms with E-state index in [-0.39, 0.29) is 17.4 Å². The van der Waals surface area contributed by atoms with Gasteiger partial charge < -0.3 is 5.32 Å². The van der Waals surface area contributed by atoms with E-state index < -0.39 is 21.2 Å². The van der Waals surface area contributed by atoms with E-state index >= 15 is 0 Å². The molecule has 0 aliphatic heterocycles. The van der Waals surface area contributed by atoms with Gasteiger partial charge in [0.1, 0.15) is 11.1 Å². The van der Waals surface area contributed by atoms with Crippen molar-refractivity contribution in [1.29, 1.82) is 0 Å². The molecule has 0 heterocycles. The number of benzene rings is 2. The summed E-state index contributed by atoms with van der Waals surface area (Å²) in [6, 6.07) is 15.4. The van der Waals surface area contributed by atoms with Crippen LogP contribution in [0, 0.1) is 26.4 Å². The van der Waals surface area contributed by atoms with Gasteiger partial charge in [-0.05, 0) is 36.0 Å². The Morgan fingerprint density at radius 2 is 1.72 bits per heavy atom. The Morgan fingerprint density at radius 3 is 2.34 bits per heavy atom. The minimum absolute atomic E-state index is 0.0265. The molecule has 2 atom stereocenters. The fourth-order valence-electron chi connectivity index (χ4n) is 5.18. The molecular weight excluding hydrogens is 408 g/mol. The number of rotatable bonds is 6. The summed E-state index contributed by atoms with van der Waals surface area (Å²) >= 11 is 0. The molecule has 2 saturated carbocycles. The standard InChI is InChI=1S/C24H26N4O4/c1-22(2)23(3)13-14-24(22,21(30)25-15-16-7-5-4-6-8-16)20(29)19(23)27-26-17-9-11-18(12-10-17)28(31)32/h4-12,26H,13-15H2,1-3H3,(H,25,30)/b27-19+. The van der Waals surface area contributed by atoms with Crippen LogP contribution < -0.4 is 10.7 Å². The summed E-state index contributed by atoms with van der Waals surface area (Å²) in [6.45, 7) is 6.28. The molecular formula is C24H26N4O4. The maximum Gasteiger partial charge on any atom is 0.269 e. The highest BCUT2D eigenvalue weighted by molar-refractivity contribution is 6.50. The van der Waals surface area contributed by atoms with Crippen LogP contribution in [0.15, 0.2) is 59.7 Å². The third-order valence-corrected chi connectivity index (χ3v) is 7.63. The van der Waals surface area contributed by atoms with Crippen LogP contribution in [0.4, 0.5) is 11.4 Å². The van der Waals surface area contributed by atoms with Crippen molar-refractivity contribution in [2.24, 2.45) is 21.3 Å². The number of nitrogens with zero attached hydrogens (tertiary/aromatic N) is 2. The third-order valence-electron chi connectivity index (χ3n) is 7.63. The molecule has 0 aromatic heterocycles. The lowest BCUT2D eigenvalue weighted by Crippen LogP contribution is -2.50. The van der Waals surface area contributed by atoms with E-state index in [1.807, 2.05) is 51.1 Å². The topological polar surface area (TPSA) is 114 Å². The number of ketones is 1. The lowest BCUT2D eigenvalue weighted by molar-refractivity contribution is -0.384. The monoisotopic (exact) mass is 434 g/mol. The van der Waals surface area contributed by atoms with Crippen molar-refractivity contribution in [1.82, 2.24) is 5.32 Å². The van der Waals surface area contributed by atoms with Crippen molar-refractivity contribution in [3.05, 3.63) is 70.3 Å². The van der Waals surface area contributed by atoms with Gasteiger partial charge in [0.05, 0.1) is 10.6 Å². The third kappa shape index (κ3) is 3.01. The molecule has 8 heteroatoms. The second-order valence-corrected chi connectivity index (χ2v) is 9.24. The highest BCUT2D eigenvalue weighted by atomic mass is 16.6. The van der Waals surface area contributed by atoms with Gasteiger partial charge >= 0.3 is 0 Å². The quantitative estimate of drug-likeness (QED) is 0.404. The van der Waals surface area contributed by atoms with Gasteiger partial charge in [-0.25, -0.2) is 0 Å². The number of amides is 1. The molecule has 2 unspecified atom stereocenters. The first-order chi connectivity index (χ1) is 15.1. The normalized spacial score (nSPS) is 26.8. The zero-order chi connectivity index (χ0) is 23.1. The molecule has 0 saturated heterocycles. The van der Waals surface area contributed by atoms with Gasteiger partial charge in [-0.3, -0.25) is 25.1 Å². The molecule has 0 radical (unpaired) electrons. The van der Waals surface area contributed by atoms with Crippen molar-refractivity contribution in [3.63, 3.8) is 0 Å². The van der Waals surface area contributed by atoms with Gasteiger partial charge in [0, 0.05) is 24.1 Å². The molecule has 2 N–H and O–H groups in total. The molecule has 2 aromatic carbocycles. The molecule has 0 spiro atoms. The van der Waals surface area contributed by atoms with Gasteiger partial charge in [0.15, 0.2) is 5.78 Å². The van der Waals surface area contributed by atoms with Crippen LogP contribution in [0.25, 0.3) is 0 Å². The fraction of sp³-hybridized carbons (Fsp3) is 0.375. The van der Waals surface area contributed by atoms with Crippen LogP contribution in [0.2, 0.25) is 0 Å². The van der Waals surface area contributed by atoms with Crippen LogP contribution in [-0.2, 0) is 16.1 Å². The van der Waals surface area contributed by atoms with Crippen molar-refractivity contribution in [2.75, 3.05) is 5.43 Å². The molecule has 166 valence electrons. The highest BCUT2D eigenvalue weighted by Gasteiger charge is 2.76. The number of non-ortho nitro benzene ring substituents is 1. The van der Waals surface area contributed by atoms with Crippen molar-refractivity contribution < 1.29 is 14.5 Å². The molecule has 1 amide bonds. The lowest BCUT2D eigenvalue weighted by atomic mass is 9.64. The molecule has 2 bridgehead atoms. The lowest BCUT2D eigenvalue weighted by Gasteiger charge is -2.37. The fourth-order valence-corrected chi connectivity index (χ4v) is 5.18. The van der Waals surface area contributed by atoms with E-state index in [0.29, 0.717) is 30.8 Å². The van der Waals surface area contributed by atoms with Gasteiger partial charge in [-0.15, -0.1) is 0 Å². The summed E-state index contributed by atoms with van der Waals surface area (Å²) < 4.78 is 0. The first-order valence-corrected chi connectivity index (χ1v) is 10.6. The minimum Gasteiger partial charge on any atom is -0.351 e. The van der Waals surface area contributed by atoms with Crippen LogP contribution in [0.1, 0.15) is 39.2 Å². The Labute approximate surface area is 186 Å². The van der Waals surface area contributed by atoms with Crippen LogP contribution in [0.3, 0.4) is 0 Å². The Bertz CT molecular complexity index is 1110. The summed E-state index contributed by atoms with van der Waals surface area (Å²) in [7, 11) is 0. The van der Waals surface area contributed by atoms with Crippen LogP contribution in [0.5, 0.6) is 0 Å². The molecule has 2 aliphatic rings. The first-order valence-electron chi connectivity index (χ1n) is 10.6. The van der Waals surface area contributed by atoms with Crippen molar-refractivity contribution >= 4 is 28.8 Å².